The highest BCUT2D eigenvalue weighted by Crippen LogP contribution is 2.48. The van der Waals surface area contributed by atoms with Crippen molar-refractivity contribution in [3.8, 4) is 0 Å². The predicted molar refractivity (Wildman–Crippen MR) is 84.0 cm³/mol. The lowest BCUT2D eigenvalue weighted by atomic mass is 9.59. The molecule has 1 aromatic rings. The van der Waals surface area contributed by atoms with Crippen LogP contribution in [0.15, 0.2) is 24.3 Å². The molecular formula is C17H24ClNO. The highest BCUT2D eigenvalue weighted by molar-refractivity contribution is 6.30. The fraction of sp³-hybridized carbons (Fsp3) is 0.588. The summed E-state index contributed by atoms with van der Waals surface area (Å²) in [6.07, 6.45) is 4.54. The Morgan fingerprint density at radius 1 is 1.30 bits per heavy atom. The number of hydrogen-bond donors (Lipinski definition) is 1. The van der Waals surface area contributed by atoms with Crippen molar-refractivity contribution in [2.75, 3.05) is 0 Å². The predicted octanol–water partition coefficient (Wildman–Crippen LogP) is 4.31. The zero-order valence-electron chi connectivity index (χ0n) is 12.6. The molecule has 1 atom stereocenters. The minimum atomic E-state index is 0.0656. The monoisotopic (exact) mass is 293 g/mol. The van der Waals surface area contributed by atoms with Crippen LogP contribution in [0.1, 0.15) is 52.0 Å². The van der Waals surface area contributed by atoms with E-state index < -0.39 is 0 Å². The van der Waals surface area contributed by atoms with Crippen LogP contribution in [0.4, 0.5) is 0 Å². The highest BCUT2D eigenvalue weighted by atomic mass is 35.5. The number of benzene rings is 1. The standard InChI is InChI=1S/C17H24ClNO/c1-12(2)11-16(19-13(3)20)17(9-4-10-17)14-5-7-15(18)8-6-14/h5-8,12,16H,4,9-11H2,1-3H3,(H,19,20)/t16-/m1/s1. The maximum atomic E-state index is 11.6. The summed E-state index contributed by atoms with van der Waals surface area (Å²) in [6.45, 7) is 6.04. The van der Waals surface area contributed by atoms with Gasteiger partial charge in [0.15, 0.2) is 0 Å². The minimum absolute atomic E-state index is 0.0656. The van der Waals surface area contributed by atoms with Gasteiger partial charge in [-0.1, -0.05) is 44.0 Å². The van der Waals surface area contributed by atoms with Gasteiger partial charge < -0.3 is 5.32 Å². The number of nitrogens with one attached hydrogen (secondary N) is 1. The zero-order chi connectivity index (χ0) is 14.8. The summed E-state index contributed by atoms with van der Waals surface area (Å²) < 4.78 is 0. The molecule has 1 amide bonds. The summed E-state index contributed by atoms with van der Waals surface area (Å²) in [6, 6.07) is 8.37. The summed E-state index contributed by atoms with van der Waals surface area (Å²) in [5, 5.41) is 3.96. The second kappa shape index (κ2) is 6.17. The van der Waals surface area contributed by atoms with Crippen LogP contribution >= 0.6 is 11.6 Å². The van der Waals surface area contributed by atoms with Crippen LogP contribution in [0.25, 0.3) is 0 Å². The number of amides is 1. The largest absolute Gasteiger partial charge is 0.353 e. The Kier molecular flexibility index (Phi) is 4.74. The third-order valence-electron chi connectivity index (χ3n) is 4.42. The number of halogens is 1. The molecule has 1 aliphatic rings. The molecule has 1 aromatic carbocycles. The van der Waals surface area contributed by atoms with Crippen molar-refractivity contribution in [1.29, 1.82) is 0 Å². The first-order chi connectivity index (χ1) is 9.44. The molecule has 2 nitrogen and oxygen atoms in total. The topological polar surface area (TPSA) is 29.1 Å². The molecule has 0 bridgehead atoms. The lowest BCUT2D eigenvalue weighted by Crippen LogP contribution is -2.54. The number of rotatable bonds is 5. The van der Waals surface area contributed by atoms with E-state index in [4.69, 9.17) is 11.6 Å². The van der Waals surface area contributed by atoms with Gasteiger partial charge in [-0.3, -0.25) is 4.79 Å². The fourth-order valence-electron chi connectivity index (χ4n) is 3.32. The summed E-state index contributed by atoms with van der Waals surface area (Å²) in [7, 11) is 0. The summed E-state index contributed by atoms with van der Waals surface area (Å²) in [5.74, 6) is 0.632. The third kappa shape index (κ3) is 3.17. The molecule has 0 heterocycles. The fourth-order valence-corrected chi connectivity index (χ4v) is 3.44. The molecule has 0 spiro atoms. The van der Waals surface area contributed by atoms with Gasteiger partial charge in [-0.2, -0.15) is 0 Å². The Morgan fingerprint density at radius 2 is 1.90 bits per heavy atom. The van der Waals surface area contributed by atoms with E-state index in [1.165, 1.54) is 12.0 Å². The van der Waals surface area contributed by atoms with Gasteiger partial charge in [0.1, 0.15) is 0 Å². The molecule has 2 rings (SSSR count). The molecule has 0 unspecified atom stereocenters. The van der Waals surface area contributed by atoms with E-state index in [2.05, 4.69) is 31.3 Å². The van der Waals surface area contributed by atoms with Crippen LogP contribution in [-0.4, -0.2) is 11.9 Å². The summed E-state index contributed by atoms with van der Waals surface area (Å²) in [5.41, 5.74) is 1.41. The molecule has 110 valence electrons. The van der Waals surface area contributed by atoms with E-state index in [9.17, 15) is 4.79 Å². The third-order valence-corrected chi connectivity index (χ3v) is 4.67. The molecule has 0 saturated heterocycles. The lowest BCUT2D eigenvalue weighted by molar-refractivity contribution is -0.120. The van der Waals surface area contributed by atoms with Crippen molar-refractivity contribution < 1.29 is 4.79 Å². The Balaban J connectivity index is 2.30. The maximum Gasteiger partial charge on any atom is 0.217 e. The van der Waals surface area contributed by atoms with Gasteiger partial charge in [-0.05, 0) is 42.9 Å². The first-order valence-corrected chi connectivity index (χ1v) is 7.85. The first kappa shape index (κ1) is 15.4. The Hall–Kier alpha value is -1.02. The van der Waals surface area contributed by atoms with Gasteiger partial charge in [0.25, 0.3) is 0 Å². The van der Waals surface area contributed by atoms with E-state index in [0.717, 1.165) is 24.3 Å². The number of carbonyl (C=O) groups is 1. The molecule has 0 radical (unpaired) electrons. The molecule has 3 heteroatoms. The normalized spacial score (nSPS) is 18.4. The second-order valence-electron chi connectivity index (χ2n) is 6.40. The molecule has 1 fully saturated rings. The van der Waals surface area contributed by atoms with Crippen LogP contribution in [0.5, 0.6) is 0 Å². The quantitative estimate of drug-likeness (QED) is 0.861. The van der Waals surface area contributed by atoms with Crippen LogP contribution in [-0.2, 0) is 10.2 Å². The Labute approximate surface area is 126 Å². The van der Waals surface area contributed by atoms with Gasteiger partial charge in [-0.15, -0.1) is 0 Å². The van der Waals surface area contributed by atoms with Gasteiger partial charge in [0.05, 0.1) is 0 Å². The first-order valence-electron chi connectivity index (χ1n) is 7.47. The van der Waals surface area contributed by atoms with Crippen molar-refractivity contribution in [2.24, 2.45) is 5.92 Å². The van der Waals surface area contributed by atoms with Crippen molar-refractivity contribution in [1.82, 2.24) is 5.32 Å². The molecule has 0 aliphatic heterocycles. The average molecular weight is 294 g/mol. The molecule has 0 aromatic heterocycles. The molecular weight excluding hydrogens is 270 g/mol. The van der Waals surface area contributed by atoms with Crippen molar-refractivity contribution in [2.45, 2.75) is 57.9 Å². The molecule has 1 saturated carbocycles. The highest BCUT2D eigenvalue weighted by Gasteiger charge is 2.45. The van der Waals surface area contributed by atoms with Crippen LogP contribution < -0.4 is 5.32 Å². The van der Waals surface area contributed by atoms with Crippen LogP contribution in [0.3, 0.4) is 0 Å². The summed E-state index contributed by atoms with van der Waals surface area (Å²) >= 11 is 6.00. The lowest BCUT2D eigenvalue weighted by Gasteiger charge is -2.49. The van der Waals surface area contributed by atoms with E-state index in [1.807, 2.05) is 12.1 Å². The van der Waals surface area contributed by atoms with E-state index in [0.29, 0.717) is 5.92 Å². The molecule has 20 heavy (non-hydrogen) atoms. The number of carbonyl (C=O) groups excluding carboxylic acids is 1. The van der Waals surface area contributed by atoms with Crippen molar-refractivity contribution >= 4 is 17.5 Å². The Bertz CT molecular complexity index is 462. The zero-order valence-corrected chi connectivity index (χ0v) is 13.3. The van der Waals surface area contributed by atoms with E-state index in [1.54, 1.807) is 6.92 Å². The maximum absolute atomic E-state index is 11.6. The molecule has 1 aliphatic carbocycles. The van der Waals surface area contributed by atoms with Gasteiger partial charge in [0.2, 0.25) is 5.91 Å². The SMILES string of the molecule is CC(=O)N[C@H](CC(C)C)C1(c2ccc(Cl)cc2)CCC1. The van der Waals surface area contributed by atoms with Gasteiger partial charge in [-0.25, -0.2) is 0 Å². The summed E-state index contributed by atoms with van der Waals surface area (Å²) in [4.78, 5) is 11.6. The van der Waals surface area contributed by atoms with Crippen LogP contribution in [0.2, 0.25) is 5.02 Å². The van der Waals surface area contributed by atoms with Crippen LogP contribution in [0, 0.1) is 5.92 Å². The van der Waals surface area contributed by atoms with Gasteiger partial charge >= 0.3 is 0 Å². The van der Waals surface area contributed by atoms with Gasteiger partial charge in [0, 0.05) is 23.4 Å². The minimum Gasteiger partial charge on any atom is -0.353 e. The average Bonchev–Trinajstić information content (AvgIpc) is 2.28. The molecule has 1 N–H and O–H groups in total. The van der Waals surface area contributed by atoms with Crippen molar-refractivity contribution in [3.63, 3.8) is 0 Å². The Morgan fingerprint density at radius 3 is 2.30 bits per heavy atom. The second-order valence-corrected chi connectivity index (χ2v) is 6.84. The van der Waals surface area contributed by atoms with Crippen molar-refractivity contribution in [3.05, 3.63) is 34.9 Å². The number of hydrogen-bond acceptors (Lipinski definition) is 1. The van der Waals surface area contributed by atoms with E-state index >= 15 is 0 Å². The smallest absolute Gasteiger partial charge is 0.217 e. The van der Waals surface area contributed by atoms with E-state index in [-0.39, 0.29) is 17.4 Å².